The standard InChI is InChI=1S/C14H21N3O2/c1-4-11(15)9-13(18)16-12-7-5-10(6-8-12)14(19)17(2)3/h5-8,11H,4,9,15H2,1-3H3,(H,16,18). The van der Waals surface area contributed by atoms with E-state index in [0.717, 1.165) is 6.42 Å². The van der Waals surface area contributed by atoms with E-state index >= 15 is 0 Å². The quantitative estimate of drug-likeness (QED) is 0.844. The first-order valence-electron chi connectivity index (χ1n) is 6.31. The fourth-order valence-corrected chi connectivity index (χ4v) is 1.55. The zero-order valence-electron chi connectivity index (χ0n) is 11.6. The van der Waals surface area contributed by atoms with Gasteiger partial charge in [0.1, 0.15) is 0 Å². The van der Waals surface area contributed by atoms with Crippen LogP contribution in [0.15, 0.2) is 24.3 Å². The van der Waals surface area contributed by atoms with Gasteiger partial charge in [0.05, 0.1) is 0 Å². The molecule has 104 valence electrons. The van der Waals surface area contributed by atoms with Crippen LogP contribution in [0.25, 0.3) is 0 Å². The summed E-state index contributed by atoms with van der Waals surface area (Å²) in [5.41, 5.74) is 6.97. The van der Waals surface area contributed by atoms with Crippen LogP contribution in [0.2, 0.25) is 0 Å². The van der Waals surface area contributed by atoms with Crippen LogP contribution in [0.3, 0.4) is 0 Å². The normalized spacial score (nSPS) is 11.8. The Kier molecular flexibility index (Phi) is 5.51. The average Bonchev–Trinajstić information content (AvgIpc) is 2.38. The Morgan fingerprint density at radius 3 is 2.32 bits per heavy atom. The van der Waals surface area contributed by atoms with Crippen molar-refractivity contribution < 1.29 is 9.59 Å². The van der Waals surface area contributed by atoms with Crippen molar-refractivity contribution in [3.8, 4) is 0 Å². The lowest BCUT2D eigenvalue weighted by Crippen LogP contribution is -2.26. The Balaban J connectivity index is 2.62. The number of rotatable bonds is 5. The highest BCUT2D eigenvalue weighted by Gasteiger charge is 2.10. The number of nitrogens with two attached hydrogens (primary N) is 1. The van der Waals surface area contributed by atoms with Crippen LogP contribution in [0.5, 0.6) is 0 Å². The molecule has 0 saturated heterocycles. The fraction of sp³-hybridized carbons (Fsp3) is 0.429. The molecule has 0 bridgehead atoms. The van der Waals surface area contributed by atoms with Gasteiger partial charge in [0.25, 0.3) is 5.91 Å². The Morgan fingerprint density at radius 2 is 1.84 bits per heavy atom. The van der Waals surface area contributed by atoms with Gasteiger partial charge < -0.3 is 16.0 Å². The molecular formula is C14H21N3O2. The van der Waals surface area contributed by atoms with Gasteiger partial charge in [-0.15, -0.1) is 0 Å². The summed E-state index contributed by atoms with van der Waals surface area (Å²) in [6, 6.07) is 6.70. The molecule has 0 radical (unpaired) electrons. The van der Waals surface area contributed by atoms with Crippen molar-refractivity contribution in [2.24, 2.45) is 5.73 Å². The summed E-state index contributed by atoms with van der Waals surface area (Å²) in [7, 11) is 3.40. The third-order valence-electron chi connectivity index (χ3n) is 2.79. The molecule has 5 nitrogen and oxygen atoms in total. The number of carbonyl (C=O) groups is 2. The average molecular weight is 263 g/mol. The van der Waals surface area contributed by atoms with Crippen molar-refractivity contribution in [1.82, 2.24) is 4.90 Å². The minimum Gasteiger partial charge on any atom is -0.345 e. The first-order chi connectivity index (χ1) is 8.93. The minimum atomic E-state index is -0.116. The molecule has 0 spiro atoms. The SMILES string of the molecule is CCC(N)CC(=O)Nc1ccc(C(=O)N(C)C)cc1. The maximum atomic E-state index is 11.7. The van der Waals surface area contributed by atoms with Gasteiger partial charge in [-0.3, -0.25) is 9.59 Å². The van der Waals surface area contributed by atoms with E-state index in [4.69, 9.17) is 5.73 Å². The van der Waals surface area contributed by atoms with Gasteiger partial charge in [-0.25, -0.2) is 0 Å². The summed E-state index contributed by atoms with van der Waals surface area (Å²) in [6.07, 6.45) is 1.07. The van der Waals surface area contributed by atoms with Gasteiger partial charge in [0.2, 0.25) is 5.91 Å². The molecule has 0 saturated carbocycles. The summed E-state index contributed by atoms with van der Waals surface area (Å²) in [4.78, 5) is 24.8. The summed E-state index contributed by atoms with van der Waals surface area (Å²) < 4.78 is 0. The summed E-state index contributed by atoms with van der Waals surface area (Å²) in [6.45, 7) is 1.94. The number of hydrogen-bond donors (Lipinski definition) is 2. The first-order valence-corrected chi connectivity index (χ1v) is 6.31. The van der Waals surface area contributed by atoms with Crippen LogP contribution >= 0.6 is 0 Å². The molecule has 2 amide bonds. The van der Waals surface area contributed by atoms with E-state index in [1.54, 1.807) is 38.4 Å². The molecule has 0 aliphatic heterocycles. The van der Waals surface area contributed by atoms with Gasteiger partial charge in [-0.05, 0) is 30.7 Å². The zero-order valence-corrected chi connectivity index (χ0v) is 11.6. The van der Waals surface area contributed by atoms with Crippen molar-refractivity contribution >= 4 is 17.5 Å². The van der Waals surface area contributed by atoms with E-state index in [0.29, 0.717) is 17.7 Å². The molecule has 1 atom stereocenters. The lowest BCUT2D eigenvalue weighted by molar-refractivity contribution is -0.116. The van der Waals surface area contributed by atoms with Crippen LogP contribution in [0.1, 0.15) is 30.1 Å². The zero-order chi connectivity index (χ0) is 14.4. The van der Waals surface area contributed by atoms with E-state index in [-0.39, 0.29) is 17.9 Å². The van der Waals surface area contributed by atoms with Crippen molar-refractivity contribution in [3.05, 3.63) is 29.8 Å². The molecule has 1 unspecified atom stereocenters. The highest BCUT2D eigenvalue weighted by molar-refractivity contribution is 5.95. The highest BCUT2D eigenvalue weighted by Crippen LogP contribution is 2.11. The van der Waals surface area contributed by atoms with Crippen molar-refractivity contribution in [1.29, 1.82) is 0 Å². The van der Waals surface area contributed by atoms with Crippen LogP contribution in [0, 0.1) is 0 Å². The van der Waals surface area contributed by atoms with Crippen molar-refractivity contribution in [2.45, 2.75) is 25.8 Å². The number of hydrogen-bond acceptors (Lipinski definition) is 3. The molecule has 1 rings (SSSR count). The molecule has 1 aromatic carbocycles. The van der Waals surface area contributed by atoms with Gasteiger partial charge in [-0.2, -0.15) is 0 Å². The van der Waals surface area contributed by atoms with Gasteiger partial charge in [-0.1, -0.05) is 6.92 Å². The number of nitrogens with zero attached hydrogens (tertiary/aromatic N) is 1. The predicted molar refractivity (Wildman–Crippen MR) is 76.0 cm³/mol. The molecule has 0 heterocycles. The molecule has 3 N–H and O–H groups in total. The molecular weight excluding hydrogens is 242 g/mol. The van der Waals surface area contributed by atoms with Crippen molar-refractivity contribution in [2.75, 3.05) is 19.4 Å². The molecule has 0 aliphatic rings. The van der Waals surface area contributed by atoms with Crippen LogP contribution in [-0.2, 0) is 4.79 Å². The third kappa shape index (κ3) is 4.71. The van der Waals surface area contributed by atoms with Crippen LogP contribution in [-0.4, -0.2) is 36.9 Å². The number of anilines is 1. The van der Waals surface area contributed by atoms with Gasteiger partial charge in [0, 0.05) is 37.8 Å². The maximum absolute atomic E-state index is 11.7. The fourth-order valence-electron chi connectivity index (χ4n) is 1.55. The number of nitrogens with one attached hydrogen (secondary N) is 1. The topological polar surface area (TPSA) is 75.4 Å². The summed E-state index contributed by atoms with van der Waals surface area (Å²) in [5, 5.41) is 2.76. The van der Waals surface area contributed by atoms with Crippen molar-refractivity contribution in [3.63, 3.8) is 0 Å². The largest absolute Gasteiger partial charge is 0.345 e. The van der Waals surface area contributed by atoms with E-state index < -0.39 is 0 Å². The summed E-state index contributed by atoms with van der Waals surface area (Å²) in [5.74, 6) is -0.174. The Hall–Kier alpha value is -1.88. The van der Waals surface area contributed by atoms with E-state index in [9.17, 15) is 9.59 Å². The monoisotopic (exact) mass is 263 g/mol. The molecule has 0 fully saturated rings. The number of amides is 2. The minimum absolute atomic E-state index is 0.0640. The second kappa shape index (κ2) is 6.89. The van der Waals surface area contributed by atoms with Crippen LogP contribution < -0.4 is 11.1 Å². The van der Waals surface area contributed by atoms with Gasteiger partial charge in [0.15, 0.2) is 0 Å². The second-order valence-corrected chi connectivity index (χ2v) is 4.70. The highest BCUT2D eigenvalue weighted by atomic mass is 16.2. The molecule has 0 aliphatic carbocycles. The Labute approximate surface area is 113 Å². The molecule has 0 aromatic heterocycles. The maximum Gasteiger partial charge on any atom is 0.253 e. The smallest absolute Gasteiger partial charge is 0.253 e. The molecule has 1 aromatic rings. The number of carbonyl (C=O) groups excluding carboxylic acids is 2. The van der Waals surface area contributed by atoms with E-state index in [1.165, 1.54) is 4.90 Å². The lowest BCUT2D eigenvalue weighted by Gasteiger charge is -2.12. The lowest BCUT2D eigenvalue weighted by atomic mass is 10.1. The molecule has 5 heteroatoms. The molecule has 19 heavy (non-hydrogen) atoms. The Morgan fingerprint density at radius 1 is 1.26 bits per heavy atom. The first kappa shape index (κ1) is 15.2. The number of benzene rings is 1. The van der Waals surface area contributed by atoms with E-state index in [1.807, 2.05) is 6.92 Å². The summed E-state index contributed by atoms with van der Waals surface area (Å²) >= 11 is 0. The Bertz CT molecular complexity index is 441. The predicted octanol–water partition coefficient (Wildman–Crippen LogP) is 1.45. The third-order valence-corrected chi connectivity index (χ3v) is 2.79. The second-order valence-electron chi connectivity index (χ2n) is 4.70. The van der Waals surface area contributed by atoms with Crippen LogP contribution in [0.4, 0.5) is 5.69 Å². The van der Waals surface area contributed by atoms with Gasteiger partial charge >= 0.3 is 0 Å². The van der Waals surface area contributed by atoms with E-state index in [2.05, 4.69) is 5.32 Å².